The van der Waals surface area contributed by atoms with Crippen molar-refractivity contribution in [2.75, 3.05) is 5.75 Å². The summed E-state index contributed by atoms with van der Waals surface area (Å²) < 4.78 is 0. The van der Waals surface area contributed by atoms with Gasteiger partial charge in [-0.05, 0) is 12.8 Å². The molecule has 7 heteroatoms. The third kappa shape index (κ3) is 3.20. The first-order chi connectivity index (χ1) is 9.90. The highest BCUT2D eigenvalue weighted by Crippen LogP contribution is 2.41. The molecule has 0 bridgehead atoms. The zero-order chi connectivity index (χ0) is 15.6. The molecule has 1 aliphatic carbocycles. The number of hydrogen-bond acceptors (Lipinski definition) is 5. The molecule has 0 unspecified atom stereocenters. The summed E-state index contributed by atoms with van der Waals surface area (Å²) in [5.41, 5.74) is -0.515. The second-order valence-electron chi connectivity index (χ2n) is 5.72. The fourth-order valence-corrected chi connectivity index (χ4v) is 3.15. The largest absolute Gasteiger partial charge is 0.353 e. The topological polar surface area (TPSA) is 106 Å². The Morgan fingerprint density at radius 3 is 2.67 bits per heavy atom. The normalized spacial score (nSPS) is 23.8. The minimum atomic E-state index is -0.906. The maximum Gasteiger partial charge on any atom is 0.243 e. The lowest BCUT2D eigenvalue weighted by atomic mass is 9.72. The molecule has 0 aromatic heterocycles. The van der Waals surface area contributed by atoms with Gasteiger partial charge in [0.05, 0.1) is 28.5 Å². The summed E-state index contributed by atoms with van der Waals surface area (Å²) in [4.78, 5) is 23.6. The van der Waals surface area contributed by atoms with Crippen molar-refractivity contribution in [2.45, 2.75) is 32.7 Å². The molecule has 1 heterocycles. The number of nitrogens with one attached hydrogen (secondary N) is 2. The van der Waals surface area contributed by atoms with E-state index >= 15 is 0 Å². The van der Waals surface area contributed by atoms with Gasteiger partial charge in [-0.3, -0.25) is 9.59 Å². The minimum absolute atomic E-state index is 0.109. The van der Waals surface area contributed by atoms with E-state index in [9.17, 15) is 14.9 Å². The molecule has 1 atom stereocenters. The summed E-state index contributed by atoms with van der Waals surface area (Å²) in [5.74, 6) is -1.30. The van der Waals surface area contributed by atoms with E-state index in [0.717, 1.165) is 24.6 Å². The molecule has 0 radical (unpaired) electrons. The van der Waals surface area contributed by atoms with Gasteiger partial charge in [0.1, 0.15) is 5.92 Å². The Morgan fingerprint density at radius 2 is 2.14 bits per heavy atom. The van der Waals surface area contributed by atoms with Gasteiger partial charge < -0.3 is 10.6 Å². The van der Waals surface area contributed by atoms with Gasteiger partial charge in [0.2, 0.25) is 11.8 Å². The Hall–Kier alpha value is -1.99. The van der Waals surface area contributed by atoms with Gasteiger partial charge in [0.15, 0.2) is 0 Å². The molecule has 2 N–H and O–H groups in total. The van der Waals surface area contributed by atoms with Gasteiger partial charge in [-0.1, -0.05) is 25.6 Å². The molecule has 110 valence electrons. The summed E-state index contributed by atoms with van der Waals surface area (Å²) in [6, 6.07) is 4.29. The number of nitriles is 2. The van der Waals surface area contributed by atoms with Crippen LogP contribution in [-0.2, 0) is 9.59 Å². The highest BCUT2D eigenvalue weighted by atomic mass is 32.2. The van der Waals surface area contributed by atoms with Crippen molar-refractivity contribution in [2.24, 2.45) is 11.3 Å². The number of carbonyl (C=O) groups excluding carboxylic acids is 2. The van der Waals surface area contributed by atoms with Crippen molar-refractivity contribution in [1.29, 1.82) is 10.5 Å². The molecule has 0 saturated heterocycles. The fourth-order valence-electron chi connectivity index (χ4n) is 2.17. The summed E-state index contributed by atoms with van der Waals surface area (Å²) >= 11 is 1.13. The predicted molar refractivity (Wildman–Crippen MR) is 77.3 cm³/mol. The summed E-state index contributed by atoms with van der Waals surface area (Å²) in [7, 11) is 0. The molecule has 2 aliphatic rings. The van der Waals surface area contributed by atoms with Gasteiger partial charge in [-0.25, -0.2) is 0 Å². The van der Waals surface area contributed by atoms with Crippen LogP contribution in [0.1, 0.15) is 26.7 Å². The van der Waals surface area contributed by atoms with Crippen molar-refractivity contribution < 1.29 is 9.59 Å². The van der Waals surface area contributed by atoms with E-state index in [4.69, 9.17) is 5.26 Å². The average molecular weight is 304 g/mol. The number of nitrogens with zero attached hydrogens (tertiary/aromatic N) is 2. The maximum atomic E-state index is 12.0. The number of hydrogen-bond donors (Lipinski definition) is 2. The van der Waals surface area contributed by atoms with Gasteiger partial charge in [0.25, 0.3) is 0 Å². The van der Waals surface area contributed by atoms with Gasteiger partial charge in [0, 0.05) is 11.5 Å². The Kier molecular flexibility index (Phi) is 4.24. The van der Waals surface area contributed by atoms with Crippen molar-refractivity contribution >= 4 is 23.6 Å². The second-order valence-corrected chi connectivity index (χ2v) is 6.71. The molecule has 2 rings (SSSR count). The van der Waals surface area contributed by atoms with Crippen LogP contribution < -0.4 is 10.6 Å². The monoisotopic (exact) mass is 304 g/mol. The van der Waals surface area contributed by atoms with Crippen LogP contribution in [0.5, 0.6) is 0 Å². The van der Waals surface area contributed by atoms with Crippen LogP contribution in [0.15, 0.2) is 10.6 Å². The van der Waals surface area contributed by atoms with E-state index < -0.39 is 17.2 Å². The molecule has 0 spiro atoms. The predicted octanol–water partition coefficient (Wildman–Crippen LogP) is 1.03. The zero-order valence-electron chi connectivity index (χ0n) is 11.9. The summed E-state index contributed by atoms with van der Waals surface area (Å²) in [6.45, 7) is 3.39. The number of amides is 2. The van der Waals surface area contributed by atoms with E-state index in [2.05, 4.69) is 16.7 Å². The first-order valence-electron chi connectivity index (χ1n) is 6.67. The molecular formula is C14H16N4O2S. The molecule has 1 saturated carbocycles. The van der Waals surface area contributed by atoms with Gasteiger partial charge in [-0.2, -0.15) is 10.5 Å². The Bertz CT molecular complexity index is 593. The Balaban J connectivity index is 2.13. The van der Waals surface area contributed by atoms with E-state index in [1.165, 1.54) is 0 Å². The first-order valence-corrected chi connectivity index (χ1v) is 7.66. The lowest BCUT2D eigenvalue weighted by Crippen LogP contribution is -2.44. The van der Waals surface area contributed by atoms with Crippen molar-refractivity contribution in [3.05, 3.63) is 10.6 Å². The van der Waals surface area contributed by atoms with Crippen molar-refractivity contribution in [3.8, 4) is 12.1 Å². The van der Waals surface area contributed by atoms with Crippen LogP contribution in [0, 0.1) is 34.0 Å². The third-order valence-electron chi connectivity index (χ3n) is 3.62. The Labute approximate surface area is 127 Å². The first kappa shape index (κ1) is 15.4. The zero-order valence-corrected chi connectivity index (χ0v) is 12.7. The van der Waals surface area contributed by atoms with Gasteiger partial charge in [-0.15, -0.1) is 0 Å². The molecule has 0 aromatic carbocycles. The average Bonchev–Trinajstić information content (AvgIpc) is 3.19. The van der Waals surface area contributed by atoms with Crippen LogP contribution in [0.2, 0.25) is 0 Å². The van der Waals surface area contributed by atoms with Crippen LogP contribution in [0.4, 0.5) is 0 Å². The van der Waals surface area contributed by atoms with Crippen molar-refractivity contribution in [1.82, 2.24) is 10.6 Å². The summed E-state index contributed by atoms with van der Waals surface area (Å²) in [5, 5.41) is 24.2. The highest BCUT2D eigenvalue weighted by Gasteiger charge is 2.44. The van der Waals surface area contributed by atoms with E-state index in [0.29, 0.717) is 10.6 Å². The number of thioether (sulfide) groups is 1. The number of allylic oxidation sites excluding steroid dienone is 1. The van der Waals surface area contributed by atoms with E-state index in [1.54, 1.807) is 13.8 Å². The summed E-state index contributed by atoms with van der Waals surface area (Å²) in [6.07, 6.45) is 2.02. The number of carbonyl (C=O) groups is 2. The molecule has 1 aliphatic heterocycles. The molecule has 21 heavy (non-hydrogen) atoms. The SMILES string of the molecule is CC1(C)C(C#N)=C(SCC(=O)NC2CC2)NC(=O)[C@H]1C#N. The molecule has 0 aromatic rings. The molecule has 2 amide bonds. The lowest BCUT2D eigenvalue weighted by Gasteiger charge is -2.34. The maximum absolute atomic E-state index is 12.0. The smallest absolute Gasteiger partial charge is 0.243 e. The third-order valence-corrected chi connectivity index (χ3v) is 4.62. The lowest BCUT2D eigenvalue weighted by molar-refractivity contribution is -0.125. The van der Waals surface area contributed by atoms with Crippen LogP contribution in [0.25, 0.3) is 0 Å². The van der Waals surface area contributed by atoms with Crippen LogP contribution in [0.3, 0.4) is 0 Å². The van der Waals surface area contributed by atoms with Crippen molar-refractivity contribution in [3.63, 3.8) is 0 Å². The molecular weight excluding hydrogens is 288 g/mol. The van der Waals surface area contributed by atoms with Crippen LogP contribution in [-0.4, -0.2) is 23.6 Å². The standard InChI is InChI=1S/C14H16N4O2S/c1-14(2)9(5-15)12(20)18-13(10(14)6-16)21-7-11(19)17-8-3-4-8/h8-9H,3-4,7H2,1-2H3,(H,17,19)(H,18,20)/t9-/m1/s1. The minimum Gasteiger partial charge on any atom is -0.353 e. The van der Waals surface area contributed by atoms with E-state index in [1.807, 2.05) is 6.07 Å². The quantitative estimate of drug-likeness (QED) is 0.807. The van der Waals surface area contributed by atoms with Gasteiger partial charge >= 0.3 is 0 Å². The number of rotatable bonds is 4. The second kappa shape index (κ2) is 5.79. The van der Waals surface area contributed by atoms with E-state index in [-0.39, 0.29) is 17.7 Å². The fraction of sp³-hybridized carbons (Fsp3) is 0.571. The molecule has 1 fully saturated rings. The highest BCUT2D eigenvalue weighted by molar-refractivity contribution is 8.03. The van der Waals surface area contributed by atoms with Crippen LogP contribution >= 0.6 is 11.8 Å². The molecule has 6 nitrogen and oxygen atoms in total. The Morgan fingerprint density at radius 1 is 1.48 bits per heavy atom.